The van der Waals surface area contributed by atoms with Gasteiger partial charge in [0.15, 0.2) is 0 Å². The number of aliphatic hydroxyl groups excluding tert-OH is 2. The van der Waals surface area contributed by atoms with Crippen molar-refractivity contribution in [3.05, 3.63) is 11.4 Å². The van der Waals surface area contributed by atoms with Crippen LogP contribution in [0.3, 0.4) is 0 Å². The number of aliphatic hydroxyl groups is 2. The van der Waals surface area contributed by atoms with E-state index >= 15 is 0 Å². The first-order chi connectivity index (χ1) is 6.06. The number of nitrogens with two attached hydrogens (primary N) is 1. The van der Waals surface area contributed by atoms with Gasteiger partial charge in [0.1, 0.15) is 0 Å². The number of rotatable bonds is 3. The Kier molecular flexibility index (Phi) is 2.90. The largest absolute Gasteiger partial charge is 0.396 e. The van der Waals surface area contributed by atoms with Crippen molar-refractivity contribution in [2.75, 3.05) is 12.3 Å². The molecule has 0 fully saturated rings. The molecule has 0 amide bonds. The number of hydrogen-bond acceptors (Lipinski definition) is 4. The number of aromatic nitrogens is 2. The molecule has 0 spiro atoms. The van der Waals surface area contributed by atoms with Crippen molar-refractivity contribution < 1.29 is 10.2 Å². The Labute approximate surface area is 76.8 Å². The summed E-state index contributed by atoms with van der Waals surface area (Å²) in [5, 5.41) is 21.9. The molecule has 5 nitrogen and oxygen atoms in total. The lowest BCUT2D eigenvalue weighted by Crippen LogP contribution is -2.21. The van der Waals surface area contributed by atoms with E-state index in [9.17, 15) is 5.11 Å². The summed E-state index contributed by atoms with van der Waals surface area (Å²) in [6.45, 7) is 3.65. The van der Waals surface area contributed by atoms with Crippen LogP contribution in [0, 0.1) is 13.8 Å². The second-order valence-electron chi connectivity index (χ2n) is 3.10. The topological polar surface area (TPSA) is 84.3 Å². The van der Waals surface area contributed by atoms with Gasteiger partial charge in [0.05, 0.1) is 36.3 Å². The maximum Gasteiger partial charge on any atom is 0.0966 e. The molecule has 0 radical (unpaired) electrons. The van der Waals surface area contributed by atoms with Gasteiger partial charge >= 0.3 is 0 Å². The van der Waals surface area contributed by atoms with E-state index < -0.39 is 6.10 Å². The average molecular weight is 185 g/mol. The number of aryl methyl sites for hydroxylation is 1. The first kappa shape index (κ1) is 10.0. The van der Waals surface area contributed by atoms with Crippen molar-refractivity contribution in [3.8, 4) is 0 Å². The van der Waals surface area contributed by atoms with Crippen molar-refractivity contribution in [1.82, 2.24) is 9.78 Å². The number of anilines is 1. The normalized spacial score (nSPS) is 13.2. The average Bonchev–Trinajstić information content (AvgIpc) is 2.34. The van der Waals surface area contributed by atoms with E-state index in [1.165, 1.54) is 0 Å². The van der Waals surface area contributed by atoms with Crippen molar-refractivity contribution in [1.29, 1.82) is 0 Å². The Bertz CT molecular complexity index is 296. The van der Waals surface area contributed by atoms with E-state index in [0.717, 1.165) is 11.4 Å². The van der Waals surface area contributed by atoms with E-state index in [1.54, 1.807) is 4.68 Å². The molecule has 0 saturated heterocycles. The molecule has 1 aromatic heterocycles. The molecule has 1 heterocycles. The third kappa shape index (κ3) is 1.99. The molecule has 1 rings (SSSR count). The van der Waals surface area contributed by atoms with E-state index in [-0.39, 0.29) is 13.2 Å². The van der Waals surface area contributed by atoms with Gasteiger partial charge in [0, 0.05) is 0 Å². The fourth-order valence-corrected chi connectivity index (χ4v) is 1.15. The molecule has 1 atom stereocenters. The van der Waals surface area contributed by atoms with E-state index in [4.69, 9.17) is 10.8 Å². The van der Waals surface area contributed by atoms with Crippen LogP contribution in [0.15, 0.2) is 0 Å². The van der Waals surface area contributed by atoms with Crippen LogP contribution in [0.2, 0.25) is 0 Å². The summed E-state index contributed by atoms with van der Waals surface area (Å²) in [5.74, 6) is 0. The van der Waals surface area contributed by atoms with Gasteiger partial charge in [-0.15, -0.1) is 0 Å². The Morgan fingerprint density at radius 2 is 2.15 bits per heavy atom. The molecule has 1 aromatic rings. The van der Waals surface area contributed by atoms with Crippen molar-refractivity contribution in [3.63, 3.8) is 0 Å². The van der Waals surface area contributed by atoms with Gasteiger partial charge in [-0.3, -0.25) is 4.68 Å². The van der Waals surface area contributed by atoms with E-state index in [2.05, 4.69) is 5.10 Å². The fourth-order valence-electron chi connectivity index (χ4n) is 1.15. The Balaban J connectivity index is 2.83. The molecule has 0 aliphatic carbocycles. The third-order valence-electron chi connectivity index (χ3n) is 2.03. The summed E-state index contributed by atoms with van der Waals surface area (Å²) in [5.41, 5.74) is 7.91. The smallest absolute Gasteiger partial charge is 0.0966 e. The van der Waals surface area contributed by atoms with Crippen LogP contribution < -0.4 is 5.73 Å². The standard InChI is InChI=1S/C8H15N3O2/c1-5-8(9)6(2)11(10-5)3-7(13)4-12/h7,12-13H,3-4,9H2,1-2H3. The second-order valence-corrected chi connectivity index (χ2v) is 3.10. The van der Waals surface area contributed by atoms with Crippen molar-refractivity contribution in [2.24, 2.45) is 0 Å². The number of nitrogens with zero attached hydrogens (tertiary/aromatic N) is 2. The highest BCUT2D eigenvalue weighted by Gasteiger charge is 2.10. The lowest BCUT2D eigenvalue weighted by atomic mass is 10.3. The third-order valence-corrected chi connectivity index (χ3v) is 2.03. The molecule has 1 unspecified atom stereocenters. The molecule has 5 heteroatoms. The molecular formula is C8H15N3O2. The highest BCUT2D eigenvalue weighted by Crippen LogP contribution is 2.14. The zero-order valence-electron chi connectivity index (χ0n) is 7.86. The Hall–Kier alpha value is -1.07. The molecule has 74 valence electrons. The van der Waals surface area contributed by atoms with Gasteiger partial charge in [-0.25, -0.2) is 0 Å². The molecule has 13 heavy (non-hydrogen) atoms. The minimum atomic E-state index is -0.780. The van der Waals surface area contributed by atoms with Gasteiger partial charge in [0.2, 0.25) is 0 Å². The predicted octanol–water partition coefficient (Wildman–Crippen LogP) is -0.565. The van der Waals surface area contributed by atoms with Crippen molar-refractivity contribution in [2.45, 2.75) is 26.5 Å². The molecular weight excluding hydrogens is 170 g/mol. The first-order valence-corrected chi connectivity index (χ1v) is 4.14. The molecule has 0 aliphatic rings. The SMILES string of the molecule is Cc1nn(CC(O)CO)c(C)c1N. The summed E-state index contributed by atoms with van der Waals surface area (Å²) in [6.07, 6.45) is -0.780. The second kappa shape index (κ2) is 3.76. The lowest BCUT2D eigenvalue weighted by Gasteiger charge is -2.08. The predicted molar refractivity (Wildman–Crippen MR) is 49.2 cm³/mol. The van der Waals surface area contributed by atoms with Gasteiger partial charge in [0.25, 0.3) is 0 Å². The van der Waals surface area contributed by atoms with Gasteiger partial charge < -0.3 is 15.9 Å². The van der Waals surface area contributed by atoms with Crippen LogP contribution in [0.5, 0.6) is 0 Å². The van der Waals surface area contributed by atoms with Crippen LogP contribution in [0.4, 0.5) is 5.69 Å². The Morgan fingerprint density at radius 1 is 1.54 bits per heavy atom. The van der Waals surface area contributed by atoms with Gasteiger partial charge in [-0.05, 0) is 13.8 Å². The number of hydrogen-bond donors (Lipinski definition) is 3. The molecule has 0 bridgehead atoms. The monoisotopic (exact) mass is 185 g/mol. The molecule has 4 N–H and O–H groups in total. The molecule has 0 aliphatic heterocycles. The summed E-state index contributed by atoms with van der Waals surface area (Å²) >= 11 is 0. The van der Waals surface area contributed by atoms with Crippen LogP contribution in [0.25, 0.3) is 0 Å². The van der Waals surface area contributed by atoms with Crippen molar-refractivity contribution >= 4 is 5.69 Å². The fraction of sp³-hybridized carbons (Fsp3) is 0.625. The van der Waals surface area contributed by atoms with Crippen LogP contribution in [-0.4, -0.2) is 32.7 Å². The maximum absolute atomic E-state index is 9.18. The number of nitrogen functional groups attached to an aromatic ring is 1. The minimum absolute atomic E-state index is 0.266. The van der Waals surface area contributed by atoms with E-state index in [1.807, 2.05) is 13.8 Å². The summed E-state index contributed by atoms with van der Waals surface area (Å²) < 4.78 is 1.60. The van der Waals surface area contributed by atoms with Crippen LogP contribution in [0.1, 0.15) is 11.4 Å². The summed E-state index contributed by atoms with van der Waals surface area (Å²) in [6, 6.07) is 0. The maximum atomic E-state index is 9.18. The highest BCUT2D eigenvalue weighted by atomic mass is 16.3. The lowest BCUT2D eigenvalue weighted by molar-refractivity contribution is 0.0777. The van der Waals surface area contributed by atoms with E-state index in [0.29, 0.717) is 5.69 Å². The van der Waals surface area contributed by atoms with Crippen LogP contribution >= 0.6 is 0 Å². The zero-order chi connectivity index (χ0) is 10.0. The summed E-state index contributed by atoms with van der Waals surface area (Å²) in [7, 11) is 0. The van der Waals surface area contributed by atoms with Gasteiger partial charge in [-0.1, -0.05) is 0 Å². The highest BCUT2D eigenvalue weighted by molar-refractivity contribution is 5.46. The first-order valence-electron chi connectivity index (χ1n) is 4.14. The molecule has 0 saturated carbocycles. The summed E-state index contributed by atoms with van der Waals surface area (Å²) in [4.78, 5) is 0. The quantitative estimate of drug-likeness (QED) is 0.589. The molecule has 0 aromatic carbocycles. The minimum Gasteiger partial charge on any atom is -0.396 e. The Morgan fingerprint density at radius 3 is 2.54 bits per heavy atom. The zero-order valence-corrected chi connectivity index (χ0v) is 7.86. The van der Waals surface area contributed by atoms with Crippen LogP contribution in [-0.2, 0) is 6.54 Å². The van der Waals surface area contributed by atoms with Gasteiger partial charge in [-0.2, -0.15) is 5.10 Å².